The van der Waals surface area contributed by atoms with Crippen LogP contribution in [-0.2, 0) is 0 Å². The SMILES string of the molecule is CC(CO)SC(c1ccccn1)C(C)N. The molecule has 1 rings (SSSR count). The molecule has 1 aromatic rings. The molecule has 3 nitrogen and oxygen atoms in total. The van der Waals surface area contributed by atoms with Gasteiger partial charge in [-0.25, -0.2) is 0 Å². The molecule has 0 radical (unpaired) electrons. The fourth-order valence-electron chi connectivity index (χ4n) is 1.30. The first-order valence-corrected chi connectivity index (χ1v) is 6.02. The normalized spacial score (nSPS) is 17.1. The maximum absolute atomic E-state index is 9.03. The van der Waals surface area contributed by atoms with Gasteiger partial charge in [0.15, 0.2) is 0 Å². The molecule has 0 bridgehead atoms. The number of hydrogen-bond acceptors (Lipinski definition) is 4. The molecular formula is C11H18N2OS. The van der Waals surface area contributed by atoms with Crippen molar-refractivity contribution in [2.24, 2.45) is 5.73 Å². The molecule has 0 amide bonds. The zero-order chi connectivity index (χ0) is 11.3. The molecule has 3 N–H and O–H groups in total. The van der Waals surface area contributed by atoms with E-state index in [9.17, 15) is 0 Å². The third-order valence-electron chi connectivity index (χ3n) is 2.09. The van der Waals surface area contributed by atoms with Crippen LogP contribution in [0.5, 0.6) is 0 Å². The van der Waals surface area contributed by atoms with Crippen LogP contribution in [0.15, 0.2) is 24.4 Å². The number of pyridine rings is 1. The van der Waals surface area contributed by atoms with Crippen LogP contribution in [0.2, 0.25) is 0 Å². The molecule has 84 valence electrons. The molecule has 0 saturated heterocycles. The monoisotopic (exact) mass is 226 g/mol. The zero-order valence-corrected chi connectivity index (χ0v) is 9.95. The van der Waals surface area contributed by atoms with Crippen LogP contribution in [0.25, 0.3) is 0 Å². The fourth-order valence-corrected chi connectivity index (χ4v) is 2.41. The summed E-state index contributed by atoms with van der Waals surface area (Å²) in [6.07, 6.45) is 1.77. The standard InChI is InChI=1S/C11H18N2OS/c1-8(7-14)15-11(9(2)12)10-5-3-4-6-13-10/h3-6,8-9,11,14H,7,12H2,1-2H3. The molecule has 0 saturated carbocycles. The van der Waals surface area contributed by atoms with Crippen molar-refractivity contribution >= 4 is 11.8 Å². The Morgan fingerprint density at radius 2 is 2.20 bits per heavy atom. The lowest BCUT2D eigenvalue weighted by Gasteiger charge is -2.22. The van der Waals surface area contributed by atoms with Gasteiger partial charge in [-0.2, -0.15) is 0 Å². The Morgan fingerprint density at radius 1 is 1.47 bits per heavy atom. The highest BCUT2D eigenvalue weighted by molar-refractivity contribution is 8.00. The smallest absolute Gasteiger partial charge is 0.0621 e. The lowest BCUT2D eigenvalue weighted by molar-refractivity contribution is 0.299. The molecule has 0 aliphatic rings. The van der Waals surface area contributed by atoms with Gasteiger partial charge in [0, 0.05) is 17.5 Å². The van der Waals surface area contributed by atoms with Gasteiger partial charge in [-0.3, -0.25) is 4.98 Å². The summed E-state index contributed by atoms with van der Waals surface area (Å²) in [7, 11) is 0. The average Bonchev–Trinajstić information content (AvgIpc) is 2.26. The minimum absolute atomic E-state index is 0.0268. The number of nitrogens with two attached hydrogens (primary N) is 1. The highest BCUT2D eigenvalue weighted by Crippen LogP contribution is 2.32. The summed E-state index contributed by atoms with van der Waals surface area (Å²) in [4.78, 5) is 4.31. The van der Waals surface area contributed by atoms with E-state index < -0.39 is 0 Å². The minimum Gasteiger partial charge on any atom is -0.395 e. The van der Waals surface area contributed by atoms with Gasteiger partial charge in [-0.15, -0.1) is 11.8 Å². The molecular weight excluding hydrogens is 208 g/mol. The summed E-state index contributed by atoms with van der Waals surface area (Å²) in [5, 5.41) is 9.36. The number of hydrogen-bond donors (Lipinski definition) is 2. The quantitative estimate of drug-likeness (QED) is 0.800. The Balaban J connectivity index is 2.75. The van der Waals surface area contributed by atoms with Crippen molar-refractivity contribution in [2.45, 2.75) is 30.4 Å². The first kappa shape index (κ1) is 12.5. The molecule has 0 spiro atoms. The Morgan fingerprint density at radius 3 is 2.67 bits per heavy atom. The van der Waals surface area contributed by atoms with Crippen LogP contribution in [0.4, 0.5) is 0 Å². The summed E-state index contributed by atoms with van der Waals surface area (Å²) in [6.45, 7) is 4.13. The van der Waals surface area contributed by atoms with Crippen molar-refractivity contribution in [3.05, 3.63) is 30.1 Å². The van der Waals surface area contributed by atoms with E-state index in [1.54, 1.807) is 18.0 Å². The average molecular weight is 226 g/mol. The summed E-state index contributed by atoms with van der Waals surface area (Å²) >= 11 is 1.67. The summed E-state index contributed by atoms with van der Waals surface area (Å²) in [5.41, 5.74) is 6.91. The molecule has 1 heterocycles. The summed E-state index contributed by atoms with van der Waals surface area (Å²) in [6, 6.07) is 5.86. The fraction of sp³-hybridized carbons (Fsp3) is 0.545. The van der Waals surface area contributed by atoms with Crippen molar-refractivity contribution in [2.75, 3.05) is 6.61 Å². The van der Waals surface area contributed by atoms with Crippen LogP contribution in [0, 0.1) is 0 Å². The molecule has 0 fully saturated rings. The molecule has 0 aliphatic heterocycles. The Labute approximate surface area is 95.1 Å². The minimum atomic E-state index is 0.0268. The second-order valence-electron chi connectivity index (χ2n) is 3.66. The molecule has 3 unspecified atom stereocenters. The second kappa shape index (κ2) is 6.10. The number of nitrogens with zero attached hydrogens (tertiary/aromatic N) is 1. The highest BCUT2D eigenvalue weighted by atomic mass is 32.2. The van der Waals surface area contributed by atoms with Crippen molar-refractivity contribution < 1.29 is 5.11 Å². The molecule has 0 aromatic carbocycles. The highest BCUT2D eigenvalue weighted by Gasteiger charge is 2.20. The Kier molecular flexibility index (Phi) is 5.08. The van der Waals surface area contributed by atoms with Gasteiger partial charge in [-0.05, 0) is 19.1 Å². The molecule has 4 heteroatoms. The van der Waals surface area contributed by atoms with Crippen LogP contribution < -0.4 is 5.73 Å². The van der Waals surface area contributed by atoms with Gasteiger partial charge >= 0.3 is 0 Å². The Hall–Kier alpha value is -0.580. The number of aliphatic hydroxyl groups excluding tert-OH is 1. The van der Waals surface area contributed by atoms with Gasteiger partial charge in [-0.1, -0.05) is 13.0 Å². The third kappa shape index (κ3) is 3.81. The lowest BCUT2D eigenvalue weighted by Crippen LogP contribution is -2.25. The van der Waals surface area contributed by atoms with Crippen LogP contribution in [-0.4, -0.2) is 28.0 Å². The largest absolute Gasteiger partial charge is 0.395 e. The number of aromatic nitrogens is 1. The van der Waals surface area contributed by atoms with Crippen LogP contribution >= 0.6 is 11.8 Å². The Bertz CT molecular complexity index is 279. The van der Waals surface area contributed by atoms with E-state index in [1.807, 2.05) is 32.0 Å². The van der Waals surface area contributed by atoms with Gasteiger partial charge in [0.1, 0.15) is 0 Å². The van der Waals surface area contributed by atoms with Crippen LogP contribution in [0.3, 0.4) is 0 Å². The first-order chi connectivity index (χ1) is 7.15. The molecule has 3 atom stereocenters. The maximum atomic E-state index is 9.03. The van der Waals surface area contributed by atoms with E-state index in [1.165, 1.54) is 0 Å². The first-order valence-electron chi connectivity index (χ1n) is 5.08. The van der Waals surface area contributed by atoms with Gasteiger partial charge in [0.05, 0.1) is 17.6 Å². The topological polar surface area (TPSA) is 59.1 Å². The summed E-state index contributed by atoms with van der Waals surface area (Å²) < 4.78 is 0. The van der Waals surface area contributed by atoms with Gasteiger partial charge in [0.25, 0.3) is 0 Å². The molecule has 1 aromatic heterocycles. The molecule has 0 aliphatic carbocycles. The van der Waals surface area contributed by atoms with Crippen molar-refractivity contribution in [3.63, 3.8) is 0 Å². The predicted molar refractivity (Wildman–Crippen MR) is 64.8 cm³/mol. The van der Waals surface area contributed by atoms with Crippen LogP contribution in [0.1, 0.15) is 24.8 Å². The lowest BCUT2D eigenvalue weighted by atomic mass is 10.2. The molecule has 15 heavy (non-hydrogen) atoms. The zero-order valence-electron chi connectivity index (χ0n) is 9.13. The van der Waals surface area contributed by atoms with Crippen molar-refractivity contribution in [3.8, 4) is 0 Å². The van der Waals surface area contributed by atoms with Crippen molar-refractivity contribution in [1.82, 2.24) is 4.98 Å². The summed E-state index contributed by atoms with van der Waals surface area (Å²) in [5.74, 6) is 0. The number of thioether (sulfide) groups is 1. The number of rotatable bonds is 5. The van der Waals surface area contributed by atoms with Gasteiger partial charge < -0.3 is 10.8 Å². The van der Waals surface area contributed by atoms with Crippen molar-refractivity contribution in [1.29, 1.82) is 0 Å². The van der Waals surface area contributed by atoms with E-state index >= 15 is 0 Å². The maximum Gasteiger partial charge on any atom is 0.0621 e. The van der Waals surface area contributed by atoms with E-state index in [0.717, 1.165) is 5.69 Å². The third-order valence-corrected chi connectivity index (χ3v) is 3.67. The van der Waals surface area contributed by atoms with E-state index in [-0.39, 0.29) is 23.1 Å². The van der Waals surface area contributed by atoms with E-state index in [4.69, 9.17) is 10.8 Å². The van der Waals surface area contributed by atoms with Gasteiger partial charge in [0.2, 0.25) is 0 Å². The van der Waals surface area contributed by atoms with E-state index in [0.29, 0.717) is 0 Å². The predicted octanol–water partition coefficient (Wildman–Crippen LogP) is 1.58. The second-order valence-corrected chi connectivity index (χ2v) is 5.25. The number of aliphatic hydroxyl groups is 1. The van der Waals surface area contributed by atoms with E-state index in [2.05, 4.69) is 4.98 Å².